The Morgan fingerprint density at radius 2 is 1.93 bits per heavy atom. The fourth-order valence-corrected chi connectivity index (χ4v) is 0.995. The second kappa shape index (κ2) is 4.50. The van der Waals surface area contributed by atoms with Crippen LogP contribution >= 0.6 is 0 Å². The molecule has 0 saturated heterocycles. The van der Waals surface area contributed by atoms with E-state index >= 15 is 0 Å². The monoisotopic (exact) mass is 206 g/mol. The van der Waals surface area contributed by atoms with Crippen molar-refractivity contribution in [1.82, 2.24) is 20.2 Å². The van der Waals surface area contributed by atoms with Crippen LogP contribution in [0.3, 0.4) is 0 Å². The first kappa shape index (κ1) is 9.57. The van der Waals surface area contributed by atoms with Crippen molar-refractivity contribution in [2.45, 2.75) is 20.0 Å². The fraction of sp³-hybridized carbons (Fsp3) is 0.333. The Morgan fingerprint density at radius 1 is 1.20 bits per heavy atom. The maximum absolute atomic E-state index is 5.33. The van der Waals surface area contributed by atoms with Gasteiger partial charge < -0.3 is 9.15 Å². The summed E-state index contributed by atoms with van der Waals surface area (Å²) in [4.78, 5) is 7.63. The summed E-state index contributed by atoms with van der Waals surface area (Å²) in [6, 6.07) is 0. The van der Waals surface area contributed by atoms with Gasteiger partial charge in [0.15, 0.2) is 12.4 Å². The summed E-state index contributed by atoms with van der Waals surface area (Å²) in [6.07, 6.45) is 5.31. The van der Waals surface area contributed by atoms with E-state index in [0.717, 1.165) is 6.42 Å². The molecule has 0 unspecified atom stereocenters. The van der Waals surface area contributed by atoms with Crippen molar-refractivity contribution < 1.29 is 9.15 Å². The second-order valence-corrected chi connectivity index (χ2v) is 2.81. The molecule has 0 N–H and O–H groups in total. The topological polar surface area (TPSA) is 73.9 Å². The van der Waals surface area contributed by atoms with Gasteiger partial charge in [-0.1, -0.05) is 6.92 Å². The largest absolute Gasteiger partial charge is 0.481 e. The molecule has 2 aromatic rings. The standard InChI is InChI=1S/C9H10N4O2/c1-2-8-12-13-9(15-8)5-14-7-3-10-6-11-4-7/h3-4,6H,2,5H2,1H3. The van der Waals surface area contributed by atoms with E-state index in [1.807, 2.05) is 6.92 Å². The van der Waals surface area contributed by atoms with Gasteiger partial charge >= 0.3 is 0 Å². The molecule has 0 atom stereocenters. The van der Waals surface area contributed by atoms with Crippen molar-refractivity contribution in [2.24, 2.45) is 0 Å². The lowest BCUT2D eigenvalue weighted by Gasteiger charge is -2.00. The third-order valence-corrected chi connectivity index (χ3v) is 1.71. The third-order valence-electron chi connectivity index (χ3n) is 1.71. The number of nitrogens with zero attached hydrogens (tertiary/aromatic N) is 4. The van der Waals surface area contributed by atoms with Gasteiger partial charge in [0.1, 0.15) is 6.33 Å². The normalized spacial score (nSPS) is 10.2. The predicted octanol–water partition coefficient (Wildman–Crippen LogP) is 1.00. The lowest BCUT2D eigenvalue weighted by Crippen LogP contribution is -1.96. The molecule has 6 heteroatoms. The molecule has 0 saturated carbocycles. The molecule has 6 nitrogen and oxygen atoms in total. The van der Waals surface area contributed by atoms with Crippen molar-refractivity contribution in [3.63, 3.8) is 0 Å². The van der Waals surface area contributed by atoms with Crippen LogP contribution in [-0.2, 0) is 13.0 Å². The van der Waals surface area contributed by atoms with E-state index in [4.69, 9.17) is 9.15 Å². The first-order chi connectivity index (χ1) is 7.38. The lowest BCUT2D eigenvalue weighted by molar-refractivity contribution is 0.257. The Kier molecular flexibility index (Phi) is 2.87. The quantitative estimate of drug-likeness (QED) is 0.742. The molecule has 0 amide bonds. The molecular weight excluding hydrogens is 196 g/mol. The van der Waals surface area contributed by atoms with Gasteiger partial charge in [-0.25, -0.2) is 9.97 Å². The Labute approximate surface area is 86.3 Å². The first-order valence-electron chi connectivity index (χ1n) is 4.57. The van der Waals surface area contributed by atoms with Crippen LogP contribution in [0.4, 0.5) is 0 Å². The van der Waals surface area contributed by atoms with E-state index < -0.39 is 0 Å². The number of hydrogen-bond donors (Lipinski definition) is 0. The first-order valence-corrected chi connectivity index (χ1v) is 4.57. The zero-order valence-electron chi connectivity index (χ0n) is 8.25. The van der Waals surface area contributed by atoms with Gasteiger partial charge in [0.05, 0.1) is 12.4 Å². The molecule has 0 aliphatic carbocycles. The Balaban J connectivity index is 1.93. The lowest BCUT2D eigenvalue weighted by atomic mass is 10.5. The Morgan fingerprint density at radius 3 is 2.60 bits per heavy atom. The van der Waals surface area contributed by atoms with Crippen LogP contribution < -0.4 is 4.74 Å². The molecule has 0 spiro atoms. The zero-order valence-corrected chi connectivity index (χ0v) is 8.25. The summed E-state index contributed by atoms with van der Waals surface area (Å²) >= 11 is 0. The molecule has 0 fully saturated rings. The minimum atomic E-state index is 0.236. The van der Waals surface area contributed by atoms with Crippen LogP contribution in [0, 0.1) is 0 Å². The SMILES string of the molecule is CCc1nnc(COc2cncnc2)o1. The molecule has 0 aliphatic heterocycles. The molecule has 2 heterocycles. The van der Waals surface area contributed by atoms with Gasteiger partial charge in [0, 0.05) is 6.42 Å². The molecule has 15 heavy (non-hydrogen) atoms. The van der Waals surface area contributed by atoms with Crippen LogP contribution in [0.15, 0.2) is 23.1 Å². The summed E-state index contributed by atoms with van der Waals surface area (Å²) in [5.74, 6) is 1.64. The van der Waals surface area contributed by atoms with E-state index in [1.54, 1.807) is 12.4 Å². The van der Waals surface area contributed by atoms with E-state index in [0.29, 0.717) is 17.5 Å². The van der Waals surface area contributed by atoms with E-state index in [2.05, 4.69) is 20.2 Å². The predicted molar refractivity (Wildman–Crippen MR) is 50.0 cm³/mol. The average Bonchev–Trinajstić information content (AvgIpc) is 2.76. The number of rotatable bonds is 4. The number of ether oxygens (including phenoxy) is 1. The summed E-state index contributed by atoms with van der Waals surface area (Å²) in [5, 5.41) is 7.64. The summed E-state index contributed by atoms with van der Waals surface area (Å²) in [5.41, 5.74) is 0. The summed E-state index contributed by atoms with van der Waals surface area (Å²) in [6.45, 7) is 2.18. The smallest absolute Gasteiger partial charge is 0.253 e. The van der Waals surface area contributed by atoms with Gasteiger partial charge in [-0.05, 0) is 0 Å². The Hall–Kier alpha value is -1.98. The minimum absolute atomic E-state index is 0.236. The molecule has 0 radical (unpaired) electrons. The van der Waals surface area contributed by atoms with Crippen LogP contribution in [0.25, 0.3) is 0 Å². The molecule has 0 aromatic carbocycles. The fourth-order valence-electron chi connectivity index (χ4n) is 0.995. The van der Waals surface area contributed by atoms with Crippen molar-refractivity contribution in [3.8, 4) is 5.75 Å². The van der Waals surface area contributed by atoms with Gasteiger partial charge in [0.2, 0.25) is 5.89 Å². The van der Waals surface area contributed by atoms with Gasteiger partial charge in [-0.15, -0.1) is 10.2 Å². The van der Waals surface area contributed by atoms with E-state index in [-0.39, 0.29) is 6.61 Å². The highest BCUT2D eigenvalue weighted by molar-refractivity contribution is 5.09. The highest BCUT2D eigenvalue weighted by atomic mass is 16.5. The van der Waals surface area contributed by atoms with Gasteiger partial charge in [-0.3, -0.25) is 0 Å². The van der Waals surface area contributed by atoms with Crippen molar-refractivity contribution >= 4 is 0 Å². The molecule has 2 rings (SSSR count). The molecule has 0 aliphatic rings. The number of hydrogen-bond acceptors (Lipinski definition) is 6. The van der Waals surface area contributed by atoms with Crippen molar-refractivity contribution in [1.29, 1.82) is 0 Å². The van der Waals surface area contributed by atoms with Crippen LogP contribution in [0.2, 0.25) is 0 Å². The van der Waals surface area contributed by atoms with E-state index in [9.17, 15) is 0 Å². The average molecular weight is 206 g/mol. The summed E-state index contributed by atoms with van der Waals surface area (Å²) in [7, 11) is 0. The van der Waals surface area contributed by atoms with Crippen molar-refractivity contribution in [2.75, 3.05) is 0 Å². The zero-order chi connectivity index (χ0) is 10.5. The maximum Gasteiger partial charge on any atom is 0.253 e. The van der Waals surface area contributed by atoms with Crippen molar-refractivity contribution in [3.05, 3.63) is 30.5 Å². The Bertz CT molecular complexity index is 415. The molecule has 0 bridgehead atoms. The van der Waals surface area contributed by atoms with Crippen LogP contribution in [0.5, 0.6) is 5.75 Å². The molecular formula is C9H10N4O2. The van der Waals surface area contributed by atoms with Crippen LogP contribution in [-0.4, -0.2) is 20.2 Å². The van der Waals surface area contributed by atoms with E-state index in [1.165, 1.54) is 6.33 Å². The molecule has 78 valence electrons. The second-order valence-electron chi connectivity index (χ2n) is 2.81. The number of aromatic nitrogens is 4. The minimum Gasteiger partial charge on any atom is -0.481 e. The highest BCUT2D eigenvalue weighted by Gasteiger charge is 2.04. The maximum atomic E-state index is 5.33. The summed E-state index contributed by atoms with van der Waals surface area (Å²) < 4.78 is 10.6. The molecule has 2 aromatic heterocycles. The third kappa shape index (κ3) is 2.49. The van der Waals surface area contributed by atoms with Gasteiger partial charge in [0.25, 0.3) is 5.89 Å². The van der Waals surface area contributed by atoms with Crippen LogP contribution in [0.1, 0.15) is 18.7 Å². The highest BCUT2D eigenvalue weighted by Crippen LogP contribution is 2.08. The number of aryl methyl sites for hydroxylation is 1. The van der Waals surface area contributed by atoms with Gasteiger partial charge in [-0.2, -0.15) is 0 Å².